The maximum absolute atomic E-state index is 12.6. The number of ether oxygens (including phenoxy) is 13. The summed E-state index contributed by atoms with van der Waals surface area (Å²) in [5.41, 5.74) is 2.59. The molecular formula is C48H75N3O17S. The first-order chi connectivity index (χ1) is 33.8. The fraction of sp³-hybridized carbons (Fsp3) is 0.667. The largest absolute Gasteiger partial charge is 0.383 e. The highest BCUT2D eigenvalue weighted by atomic mass is 32.2. The molecule has 0 saturated heterocycles. The van der Waals surface area contributed by atoms with Crippen LogP contribution in [0.3, 0.4) is 0 Å². The first-order valence-electron chi connectivity index (χ1n) is 23.5. The summed E-state index contributed by atoms with van der Waals surface area (Å²) in [5, 5.41) is 8.05. The summed E-state index contributed by atoms with van der Waals surface area (Å²) >= 11 is 0. The topological polar surface area (TPSA) is 219 Å². The van der Waals surface area contributed by atoms with Crippen LogP contribution in [0.1, 0.15) is 51.2 Å². The third-order valence-corrected chi connectivity index (χ3v) is 11.4. The average Bonchev–Trinajstić information content (AvgIpc) is 3.82. The van der Waals surface area contributed by atoms with Crippen molar-refractivity contribution in [3.8, 4) is 0 Å². The Labute approximate surface area is 407 Å². The predicted molar refractivity (Wildman–Crippen MR) is 253 cm³/mol. The van der Waals surface area contributed by atoms with Crippen molar-refractivity contribution >= 4 is 21.4 Å². The van der Waals surface area contributed by atoms with Crippen molar-refractivity contribution in [2.75, 3.05) is 171 Å². The number of nitrogens with zero attached hydrogens (tertiary/aromatic N) is 3. The maximum Gasteiger partial charge on any atom is 0.178 e. The van der Waals surface area contributed by atoms with Crippen LogP contribution in [-0.2, 0) is 84.6 Å². The third kappa shape index (κ3) is 30.6. The predicted octanol–water partition coefficient (Wildman–Crippen LogP) is 3.64. The molecule has 0 aliphatic heterocycles. The van der Waals surface area contributed by atoms with Gasteiger partial charge < -0.3 is 61.6 Å². The molecule has 1 heterocycles. The lowest BCUT2D eigenvalue weighted by Crippen LogP contribution is -2.15. The molecule has 0 aliphatic carbocycles. The second-order valence-electron chi connectivity index (χ2n) is 15.2. The zero-order valence-electron chi connectivity index (χ0n) is 40.6. The van der Waals surface area contributed by atoms with E-state index in [9.17, 15) is 18.0 Å². The number of hydrogen-bond acceptors (Lipinski definition) is 19. The molecule has 0 aliphatic rings. The Morgan fingerprint density at radius 3 is 1.23 bits per heavy atom. The molecule has 0 N–H and O–H groups in total. The zero-order chi connectivity index (χ0) is 49.3. The molecule has 0 saturated carbocycles. The lowest BCUT2D eigenvalue weighted by Gasteiger charge is -2.09. The minimum Gasteiger partial charge on any atom is -0.383 e. The van der Waals surface area contributed by atoms with Crippen LogP contribution in [-0.4, -0.2) is 206 Å². The van der Waals surface area contributed by atoms with Gasteiger partial charge in [0.1, 0.15) is 5.69 Å². The van der Waals surface area contributed by atoms with Gasteiger partial charge in [0.15, 0.2) is 21.4 Å². The average molecular weight is 998 g/mol. The molecule has 20 nitrogen and oxygen atoms in total. The second-order valence-corrected chi connectivity index (χ2v) is 17.3. The molecule has 0 amide bonds. The number of carbonyl (C=O) groups is 2. The molecule has 0 fully saturated rings. The summed E-state index contributed by atoms with van der Waals surface area (Å²) in [6, 6.07) is 12.9. The molecule has 2 aromatic carbocycles. The quantitative estimate of drug-likeness (QED) is 0.0582. The van der Waals surface area contributed by atoms with E-state index in [0.29, 0.717) is 196 Å². The van der Waals surface area contributed by atoms with Gasteiger partial charge in [0.05, 0.1) is 182 Å². The number of aryl methyl sites for hydroxylation is 1. The van der Waals surface area contributed by atoms with Crippen molar-refractivity contribution < 1.29 is 79.6 Å². The third-order valence-electron chi connectivity index (χ3n) is 9.65. The highest BCUT2D eigenvalue weighted by Gasteiger charge is 2.18. The van der Waals surface area contributed by atoms with E-state index in [1.807, 2.05) is 13.1 Å². The van der Waals surface area contributed by atoms with E-state index < -0.39 is 9.84 Å². The van der Waals surface area contributed by atoms with Gasteiger partial charge in [-0.1, -0.05) is 47.2 Å². The first kappa shape index (κ1) is 59.7. The Balaban J connectivity index is 0.945. The number of aromatic nitrogens is 3. The number of hydrogen-bond donors (Lipinski definition) is 0. The van der Waals surface area contributed by atoms with Gasteiger partial charge in [0.2, 0.25) is 0 Å². The monoisotopic (exact) mass is 997 g/mol. The standard InChI is InChI=1S/C48H75N3O17S/c1-42-5-11-46(12-6-42)69(54,55)39-13-48(53)44-9-7-43(8-10-44)47(52)4-3-15-57-17-18-58-19-20-59-21-22-60-23-24-61-25-26-62-27-28-63-29-30-64-31-32-65-33-34-66-35-36-67-37-38-68-41-45-40-51(50-49-45)14-16-56-2/h5-12,40H,3-4,13-39,41H2,1-2H3. The van der Waals surface area contributed by atoms with Gasteiger partial charge in [-0.05, 0) is 25.5 Å². The van der Waals surface area contributed by atoms with Gasteiger partial charge in [-0.3, -0.25) is 9.59 Å². The molecule has 0 spiro atoms. The summed E-state index contributed by atoms with van der Waals surface area (Å²) < 4.78 is 98.1. The summed E-state index contributed by atoms with van der Waals surface area (Å²) in [6.45, 7) is 14.1. The Morgan fingerprint density at radius 1 is 0.478 bits per heavy atom. The minimum atomic E-state index is -3.56. The van der Waals surface area contributed by atoms with Crippen LogP contribution in [0.4, 0.5) is 0 Å². The van der Waals surface area contributed by atoms with E-state index in [-0.39, 0.29) is 28.6 Å². The van der Waals surface area contributed by atoms with E-state index in [1.54, 1.807) is 60.3 Å². The Hall–Kier alpha value is -3.65. The Kier molecular flexibility index (Phi) is 34.6. The molecule has 21 heteroatoms. The zero-order valence-corrected chi connectivity index (χ0v) is 41.4. The molecule has 3 aromatic rings. The Morgan fingerprint density at radius 2 is 0.841 bits per heavy atom. The van der Waals surface area contributed by atoms with Gasteiger partial charge in [-0.25, -0.2) is 13.1 Å². The lowest BCUT2D eigenvalue weighted by atomic mass is 10.0. The number of ketones is 2. The fourth-order valence-electron chi connectivity index (χ4n) is 5.85. The van der Waals surface area contributed by atoms with Crippen molar-refractivity contribution in [3.05, 3.63) is 77.1 Å². The summed E-state index contributed by atoms with van der Waals surface area (Å²) in [7, 11) is -1.92. The highest BCUT2D eigenvalue weighted by molar-refractivity contribution is 7.91. The van der Waals surface area contributed by atoms with Crippen molar-refractivity contribution in [1.82, 2.24) is 15.0 Å². The van der Waals surface area contributed by atoms with Gasteiger partial charge in [0, 0.05) is 37.7 Å². The van der Waals surface area contributed by atoms with Crippen LogP contribution >= 0.6 is 0 Å². The molecule has 69 heavy (non-hydrogen) atoms. The minimum absolute atomic E-state index is 0.0580. The van der Waals surface area contributed by atoms with Crippen LogP contribution in [0, 0.1) is 6.92 Å². The SMILES string of the molecule is COCCn1cc(COCCOCCOCCOCCOCCOCCOCCOCCOCCOCCOCCOCCCC(=O)c2ccc(C(=O)CCS(=O)(=O)c3ccc(C)cc3)cc2)nn1. The molecule has 0 atom stereocenters. The van der Waals surface area contributed by atoms with Gasteiger partial charge in [0.25, 0.3) is 0 Å². The van der Waals surface area contributed by atoms with E-state index in [1.165, 1.54) is 0 Å². The highest BCUT2D eigenvalue weighted by Crippen LogP contribution is 2.16. The number of carbonyl (C=O) groups excluding carboxylic acids is 2. The van der Waals surface area contributed by atoms with Crippen molar-refractivity contribution in [2.24, 2.45) is 0 Å². The van der Waals surface area contributed by atoms with Crippen molar-refractivity contribution in [2.45, 2.75) is 44.2 Å². The molecule has 1 aromatic heterocycles. The molecule has 390 valence electrons. The van der Waals surface area contributed by atoms with Crippen LogP contribution in [0.25, 0.3) is 0 Å². The summed E-state index contributed by atoms with van der Waals surface area (Å²) in [4.78, 5) is 25.4. The Bertz CT molecular complexity index is 1830. The molecule has 0 bridgehead atoms. The normalized spacial score (nSPS) is 11.7. The number of sulfone groups is 1. The lowest BCUT2D eigenvalue weighted by molar-refractivity contribution is -0.0285. The van der Waals surface area contributed by atoms with Crippen LogP contribution in [0.2, 0.25) is 0 Å². The number of benzene rings is 2. The van der Waals surface area contributed by atoms with Crippen molar-refractivity contribution in [1.29, 1.82) is 0 Å². The van der Waals surface area contributed by atoms with Crippen LogP contribution in [0.15, 0.2) is 59.6 Å². The number of methoxy groups -OCH3 is 1. The van der Waals surface area contributed by atoms with Gasteiger partial charge in [-0.2, -0.15) is 0 Å². The number of Topliss-reactive ketones (excluding diaryl/α,β-unsaturated/α-hetero) is 2. The van der Waals surface area contributed by atoms with E-state index >= 15 is 0 Å². The smallest absolute Gasteiger partial charge is 0.178 e. The first-order valence-corrected chi connectivity index (χ1v) is 25.2. The van der Waals surface area contributed by atoms with Crippen molar-refractivity contribution in [3.63, 3.8) is 0 Å². The van der Waals surface area contributed by atoms with Gasteiger partial charge >= 0.3 is 0 Å². The second kappa shape index (κ2) is 40.0. The summed E-state index contributed by atoms with van der Waals surface area (Å²) in [5.74, 6) is -0.626. The molecular weight excluding hydrogens is 923 g/mol. The maximum atomic E-state index is 12.6. The van der Waals surface area contributed by atoms with E-state index in [0.717, 1.165) is 11.3 Å². The molecule has 0 unspecified atom stereocenters. The van der Waals surface area contributed by atoms with Crippen LogP contribution < -0.4 is 0 Å². The van der Waals surface area contributed by atoms with E-state index in [2.05, 4.69) is 10.3 Å². The summed E-state index contributed by atoms with van der Waals surface area (Å²) in [6.07, 6.45) is 2.55. The van der Waals surface area contributed by atoms with Gasteiger partial charge in [-0.15, -0.1) is 5.10 Å². The van der Waals surface area contributed by atoms with Crippen LogP contribution in [0.5, 0.6) is 0 Å². The fourth-order valence-corrected chi connectivity index (χ4v) is 7.09. The molecule has 0 radical (unpaired) electrons. The number of rotatable bonds is 48. The van der Waals surface area contributed by atoms with E-state index in [4.69, 9.17) is 61.6 Å². The molecule has 3 rings (SSSR count).